The smallest absolute Gasteiger partial charge is 0.193 e. The van der Waals surface area contributed by atoms with Crippen LogP contribution in [0.25, 0.3) is 6.08 Å². The molecule has 2 aromatic rings. The average molecular weight is 430 g/mol. The first kappa shape index (κ1) is 24.0. The van der Waals surface area contributed by atoms with Crippen molar-refractivity contribution in [2.24, 2.45) is 0 Å². The molecule has 2 aromatic carbocycles. The van der Waals surface area contributed by atoms with Crippen LogP contribution in [-0.4, -0.2) is 39.0 Å². The fourth-order valence-electron chi connectivity index (χ4n) is 2.86. The van der Waals surface area contributed by atoms with Crippen molar-refractivity contribution in [3.05, 3.63) is 64.5 Å². The van der Waals surface area contributed by atoms with Crippen molar-refractivity contribution >= 4 is 11.9 Å². The van der Waals surface area contributed by atoms with E-state index >= 15 is 0 Å². The number of ether oxygens (including phenoxy) is 4. The lowest BCUT2D eigenvalue weighted by Gasteiger charge is -2.18. The normalized spacial score (nSPS) is 10.8. The van der Waals surface area contributed by atoms with Crippen molar-refractivity contribution in [2.75, 3.05) is 28.1 Å². The molecule has 6 nitrogen and oxygen atoms in total. The number of hydrogen-bond donors (Lipinski definition) is 1. The van der Waals surface area contributed by atoms with Gasteiger partial charge in [0.1, 0.15) is 34.4 Å². The second-order valence-corrected chi connectivity index (χ2v) is 6.90. The van der Waals surface area contributed by atoms with Crippen LogP contribution in [0.4, 0.5) is 4.39 Å². The minimum atomic E-state index is -0.527. The number of phenolic OH excluding ortho intramolecular Hbond substituents is 1. The van der Waals surface area contributed by atoms with E-state index in [-0.39, 0.29) is 35.2 Å². The van der Waals surface area contributed by atoms with Crippen molar-refractivity contribution in [3.63, 3.8) is 0 Å². The summed E-state index contributed by atoms with van der Waals surface area (Å²) in [6.45, 7) is 3.72. The topological polar surface area (TPSA) is 74.2 Å². The summed E-state index contributed by atoms with van der Waals surface area (Å²) in [5.74, 6) is -0.407. The molecule has 1 N–H and O–H groups in total. The molecule has 0 atom stereocenters. The number of rotatable bonds is 10. The highest BCUT2D eigenvalue weighted by Crippen LogP contribution is 2.40. The van der Waals surface area contributed by atoms with Gasteiger partial charge in [-0.25, -0.2) is 4.39 Å². The number of methoxy groups -OCH3 is 3. The van der Waals surface area contributed by atoms with E-state index in [0.29, 0.717) is 17.7 Å². The van der Waals surface area contributed by atoms with E-state index < -0.39 is 11.6 Å². The number of benzene rings is 2. The van der Waals surface area contributed by atoms with Crippen LogP contribution in [0.1, 0.15) is 35.3 Å². The molecule has 0 saturated carbocycles. The Balaban J connectivity index is 2.54. The van der Waals surface area contributed by atoms with Gasteiger partial charge in [0.25, 0.3) is 0 Å². The fourth-order valence-corrected chi connectivity index (χ4v) is 2.86. The van der Waals surface area contributed by atoms with Crippen LogP contribution < -0.4 is 14.2 Å². The number of carbonyl (C=O) groups is 1. The number of phenols is 1. The van der Waals surface area contributed by atoms with E-state index in [1.54, 1.807) is 6.07 Å². The molecule has 0 amide bonds. The third-order valence-electron chi connectivity index (χ3n) is 4.45. The number of carbonyl (C=O) groups excluding carboxylic acids is 1. The Labute approximate surface area is 181 Å². The SMILES string of the molecule is COCOc1c(CC=C(C)C)c(O)cc(OC)c1C(=O)C=Cc1ccc(OC)cc1F. The van der Waals surface area contributed by atoms with Crippen molar-refractivity contribution in [2.45, 2.75) is 20.3 Å². The number of allylic oxidation sites excluding steroid dienone is 3. The number of hydrogen-bond acceptors (Lipinski definition) is 6. The maximum atomic E-state index is 14.2. The first-order chi connectivity index (χ1) is 14.8. The summed E-state index contributed by atoms with van der Waals surface area (Å²) in [5.41, 5.74) is 1.79. The highest BCUT2D eigenvalue weighted by Gasteiger charge is 2.24. The molecule has 0 aliphatic heterocycles. The molecule has 0 bridgehead atoms. The van der Waals surface area contributed by atoms with E-state index in [9.17, 15) is 14.3 Å². The third-order valence-corrected chi connectivity index (χ3v) is 4.45. The van der Waals surface area contributed by atoms with Gasteiger partial charge in [-0.3, -0.25) is 4.79 Å². The van der Waals surface area contributed by atoms with Crippen molar-refractivity contribution < 1.29 is 33.2 Å². The zero-order valence-corrected chi connectivity index (χ0v) is 18.3. The maximum absolute atomic E-state index is 14.2. The van der Waals surface area contributed by atoms with Crippen LogP contribution in [0.2, 0.25) is 0 Å². The third kappa shape index (κ3) is 6.08. The van der Waals surface area contributed by atoms with Gasteiger partial charge in [-0.1, -0.05) is 11.6 Å². The Kier molecular flexibility index (Phi) is 8.63. The quantitative estimate of drug-likeness (QED) is 0.249. The summed E-state index contributed by atoms with van der Waals surface area (Å²) in [6, 6.07) is 5.70. The Morgan fingerprint density at radius 2 is 1.87 bits per heavy atom. The van der Waals surface area contributed by atoms with Gasteiger partial charge in [-0.15, -0.1) is 0 Å². The fraction of sp³-hybridized carbons (Fsp3) is 0.292. The first-order valence-electron chi connectivity index (χ1n) is 9.56. The van der Waals surface area contributed by atoms with E-state index in [2.05, 4.69) is 0 Å². The molecule has 31 heavy (non-hydrogen) atoms. The van der Waals surface area contributed by atoms with Crippen LogP contribution in [0.5, 0.6) is 23.0 Å². The molecule has 0 saturated heterocycles. The molecule has 2 rings (SSSR count). The van der Waals surface area contributed by atoms with Gasteiger partial charge in [0.15, 0.2) is 12.6 Å². The molecule has 0 aliphatic rings. The molecule has 0 aliphatic carbocycles. The number of ketones is 1. The van der Waals surface area contributed by atoms with Crippen molar-refractivity contribution in [1.82, 2.24) is 0 Å². The highest BCUT2D eigenvalue weighted by atomic mass is 19.1. The second-order valence-electron chi connectivity index (χ2n) is 6.90. The summed E-state index contributed by atoms with van der Waals surface area (Å²) < 4.78 is 35.2. The largest absolute Gasteiger partial charge is 0.507 e. The Hall–Kier alpha value is -3.32. The lowest BCUT2D eigenvalue weighted by atomic mass is 9.99. The second kappa shape index (κ2) is 11.2. The highest BCUT2D eigenvalue weighted by molar-refractivity contribution is 6.11. The van der Waals surface area contributed by atoms with Crippen molar-refractivity contribution in [3.8, 4) is 23.0 Å². The lowest BCUT2D eigenvalue weighted by molar-refractivity contribution is 0.0494. The van der Waals surface area contributed by atoms with Crippen LogP contribution in [0.3, 0.4) is 0 Å². The van der Waals surface area contributed by atoms with Crippen molar-refractivity contribution in [1.29, 1.82) is 0 Å². The molecular formula is C24H27FO6. The standard InChI is InChI=1S/C24H27FO6/c1-15(2)6-10-18-21(27)13-22(30-5)23(24(18)31-14-28-3)20(26)11-8-16-7-9-17(29-4)12-19(16)25/h6-9,11-13,27H,10,14H2,1-5H3. The predicted molar refractivity (Wildman–Crippen MR) is 117 cm³/mol. The predicted octanol–water partition coefficient (Wildman–Crippen LogP) is 4.94. The molecular weight excluding hydrogens is 403 g/mol. The first-order valence-corrected chi connectivity index (χ1v) is 9.56. The Bertz CT molecular complexity index is 990. The molecule has 0 aromatic heterocycles. The molecule has 0 spiro atoms. The lowest BCUT2D eigenvalue weighted by Crippen LogP contribution is -2.09. The van der Waals surface area contributed by atoms with Gasteiger partial charge in [-0.2, -0.15) is 0 Å². The Morgan fingerprint density at radius 3 is 2.45 bits per heavy atom. The van der Waals surface area contributed by atoms with Crippen LogP contribution in [0.15, 0.2) is 42.0 Å². The number of halogens is 1. The molecule has 0 heterocycles. The zero-order valence-electron chi connectivity index (χ0n) is 18.3. The molecule has 166 valence electrons. The number of aromatic hydroxyl groups is 1. The van der Waals surface area contributed by atoms with Crippen LogP contribution in [-0.2, 0) is 11.2 Å². The minimum Gasteiger partial charge on any atom is -0.507 e. The summed E-state index contributed by atoms with van der Waals surface area (Å²) in [6.07, 6.45) is 4.83. The summed E-state index contributed by atoms with van der Waals surface area (Å²) in [7, 11) is 4.27. The van der Waals surface area contributed by atoms with Gasteiger partial charge < -0.3 is 24.1 Å². The van der Waals surface area contributed by atoms with Gasteiger partial charge >= 0.3 is 0 Å². The average Bonchev–Trinajstić information content (AvgIpc) is 2.74. The van der Waals surface area contributed by atoms with E-state index in [0.717, 1.165) is 5.57 Å². The van der Waals surface area contributed by atoms with Crippen LogP contribution in [0, 0.1) is 5.82 Å². The maximum Gasteiger partial charge on any atom is 0.193 e. The molecule has 0 radical (unpaired) electrons. The van der Waals surface area contributed by atoms with Gasteiger partial charge in [0, 0.05) is 30.4 Å². The van der Waals surface area contributed by atoms with E-state index in [1.807, 2.05) is 19.9 Å². The summed E-state index contributed by atoms with van der Waals surface area (Å²) in [5, 5.41) is 10.5. The molecule has 0 fully saturated rings. The zero-order chi connectivity index (χ0) is 23.0. The summed E-state index contributed by atoms with van der Waals surface area (Å²) in [4.78, 5) is 13.1. The van der Waals surface area contributed by atoms with Gasteiger partial charge in [0.2, 0.25) is 0 Å². The van der Waals surface area contributed by atoms with E-state index in [1.165, 1.54) is 51.7 Å². The van der Waals surface area contributed by atoms with Gasteiger partial charge in [0.05, 0.1) is 14.2 Å². The van der Waals surface area contributed by atoms with Gasteiger partial charge in [-0.05, 0) is 44.6 Å². The summed E-state index contributed by atoms with van der Waals surface area (Å²) >= 11 is 0. The molecule has 7 heteroatoms. The minimum absolute atomic E-state index is 0.0674. The van der Waals surface area contributed by atoms with E-state index in [4.69, 9.17) is 18.9 Å². The van der Waals surface area contributed by atoms with Crippen LogP contribution >= 0.6 is 0 Å². The molecule has 0 unspecified atom stereocenters. The monoisotopic (exact) mass is 430 g/mol. The Morgan fingerprint density at radius 1 is 1.13 bits per heavy atom.